The lowest BCUT2D eigenvalue weighted by molar-refractivity contribution is -0.145. The Bertz CT molecular complexity index is 533. The summed E-state index contributed by atoms with van der Waals surface area (Å²) < 4.78 is 0. The van der Waals surface area contributed by atoms with Gasteiger partial charge in [-0.3, -0.25) is 9.69 Å². The van der Waals surface area contributed by atoms with Crippen LogP contribution in [0.2, 0.25) is 0 Å². The van der Waals surface area contributed by atoms with E-state index in [1.54, 1.807) is 0 Å². The molecule has 2 saturated heterocycles. The molecular formula is C14H16N2O4. The standard InChI is InChI=1S/C14H16N2O4/c17-13(18)12-11-6-10(8-16(11)14(19)20)15(12)7-9-4-2-1-3-5-9/h1-5,10-12H,6-8H2,(H,17,18)(H,19,20)/t10-,11-,12-/m1/s1. The first-order valence-corrected chi connectivity index (χ1v) is 6.60. The minimum absolute atomic E-state index is 0.00240. The molecule has 3 rings (SSSR count). The molecule has 2 N–H and O–H groups in total. The second kappa shape index (κ2) is 4.79. The normalized spacial score (nSPS) is 28.8. The molecule has 0 aromatic heterocycles. The summed E-state index contributed by atoms with van der Waals surface area (Å²) in [5.41, 5.74) is 1.05. The van der Waals surface area contributed by atoms with Gasteiger partial charge in [0, 0.05) is 19.1 Å². The van der Waals surface area contributed by atoms with E-state index < -0.39 is 24.1 Å². The monoisotopic (exact) mass is 276 g/mol. The van der Waals surface area contributed by atoms with E-state index >= 15 is 0 Å². The Labute approximate surface area is 116 Å². The Kier molecular flexibility index (Phi) is 3.10. The summed E-state index contributed by atoms with van der Waals surface area (Å²) in [5.74, 6) is -0.945. The fraction of sp³-hybridized carbons (Fsp3) is 0.429. The van der Waals surface area contributed by atoms with Crippen LogP contribution in [0.25, 0.3) is 0 Å². The van der Waals surface area contributed by atoms with Gasteiger partial charge in [0.15, 0.2) is 0 Å². The lowest BCUT2D eigenvalue weighted by Gasteiger charge is -2.37. The Morgan fingerprint density at radius 2 is 1.90 bits per heavy atom. The van der Waals surface area contributed by atoms with Gasteiger partial charge in [0.05, 0.1) is 6.04 Å². The number of benzene rings is 1. The molecule has 6 heteroatoms. The van der Waals surface area contributed by atoms with Crippen molar-refractivity contribution in [1.82, 2.24) is 9.80 Å². The van der Waals surface area contributed by atoms with Crippen molar-refractivity contribution in [3.63, 3.8) is 0 Å². The van der Waals surface area contributed by atoms with Crippen molar-refractivity contribution in [2.45, 2.75) is 31.1 Å². The number of carbonyl (C=O) groups is 2. The minimum atomic E-state index is -1.02. The van der Waals surface area contributed by atoms with Gasteiger partial charge >= 0.3 is 12.1 Å². The maximum Gasteiger partial charge on any atom is 0.407 e. The van der Waals surface area contributed by atoms with Gasteiger partial charge in [-0.1, -0.05) is 30.3 Å². The van der Waals surface area contributed by atoms with Gasteiger partial charge in [0.25, 0.3) is 0 Å². The second-order valence-electron chi connectivity index (χ2n) is 5.33. The molecule has 0 saturated carbocycles. The van der Waals surface area contributed by atoms with E-state index in [4.69, 9.17) is 5.11 Å². The SMILES string of the molecule is O=C(O)[C@H]1[C@H]2C[C@H](CN2C(=O)O)N1Cc1ccccc1. The molecule has 106 valence electrons. The number of nitrogens with zero attached hydrogens (tertiary/aromatic N) is 2. The fourth-order valence-electron chi connectivity index (χ4n) is 3.38. The van der Waals surface area contributed by atoms with Crippen molar-refractivity contribution in [3.05, 3.63) is 35.9 Å². The van der Waals surface area contributed by atoms with Gasteiger partial charge in [0.1, 0.15) is 6.04 Å². The van der Waals surface area contributed by atoms with Crippen LogP contribution in [-0.2, 0) is 11.3 Å². The molecule has 2 aliphatic heterocycles. The van der Waals surface area contributed by atoms with Crippen LogP contribution < -0.4 is 0 Å². The number of carboxylic acids is 1. The van der Waals surface area contributed by atoms with E-state index in [2.05, 4.69) is 0 Å². The smallest absolute Gasteiger partial charge is 0.407 e. The molecule has 0 unspecified atom stereocenters. The zero-order valence-electron chi connectivity index (χ0n) is 10.8. The number of carboxylic acid groups (broad SMARTS) is 2. The molecule has 1 aromatic carbocycles. The first-order chi connectivity index (χ1) is 9.58. The van der Waals surface area contributed by atoms with Gasteiger partial charge in [-0.2, -0.15) is 0 Å². The van der Waals surface area contributed by atoms with E-state index in [0.717, 1.165) is 5.56 Å². The number of rotatable bonds is 3. The van der Waals surface area contributed by atoms with Gasteiger partial charge in [-0.25, -0.2) is 4.79 Å². The Balaban J connectivity index is 1.82. The summed E-state index contributed by atoms with van der Waals surface area (Å²) in [7, 11) is 0. The van der Waals surface area contributed by atoms with Crippen LogP contribution in [0.5, 0.6) is 0 Å². The van der Waals surface area contributed by atoms with Gasteiger partial charge < -0.3 is 15.1 Å². The Hall–Kier alpha value is -2.08. The van der Waals surface area contributed by atoms with Crippen LogP contribution in [-0.4, -0.2) is 56.7 Å². The molecule has 0 aliphatic carbocycles. The van der Waals surface area contributed by atoms with Crippen molar-refractivity contribution in [1.29, 1.82) is 0 Å². The van der Waals surface area contributed by atoms with Crippen molar-refractivity contribution in [2.24, 2.45) is 0 Å². The molecule has 0 radical (unpaired) electrons. The highest BCUT2D eigenvalue weighted by Gasteiger charge is 2.54. The van der Waals surface area contributed by atoms with Crippen LogP contribution >= 0.6 is 0 Å². The second-order valence-corrected chi connectivity index (χ2v) is 5.33. The number of likely N-dealkylation sites (tertiary alicyclic amines) is 2. The predicted octanol–water partition coefficient (Wildman–Crippen LogP) is 1.08. The van der Waals surface area contributed by atoms with Crippen LogP contribution in [0.1, 0.15) is 12.0 Å². The zero-order valence-corrected chi connectivity index (χ0v) is 10.8. The average molecular weight is 276 g/mol. The number of hydrogen-bond acceptors (Lipinski definition) is 3. The third-order valence-corrected chi connectivity index (χ3v) is 4.22. The summed E-state index contributed by atoms with van der Waals surface area (Å²) in [4.78, 5) is 25.8. The molecule has 6 nitrogen and oxygen atoms in total. The first-order valence-electron chi connectivity index (χ1n) is 6.60. The van der Waals surface area contributed by atoms with E-state index in [9.17, 15) is 14.7 Å². The van der Waals surface area contributed by atoms with E-state index in [1.807, 2.05) is 35.2 Å². The molecule has 1 aromatic rings. The molecule has 3 atom stereocenters. The van der Waals surface area contributed by atoms with Crippen molar-refractivity contribution >= 4 is 12.1 Å². The lowest BCUT2D eigenvalue weighted by atomic mass is 10.1. The van der Waals surface area contributed by atoms with E-state index in [-0.39, 0.29) is 6.04 Å². The summed E-state index contributed by atoms with van der Waals surface area (Å²) in [6.07, 6.45) is -0.418. The van der Waals surface area contributed by atoms with Gasteiger partial charge in [-0.15, -0.1) is 0 Å². The van der Waals surface area contributed by atoms with Crippen LogP contribution in [0.3, 0.4) is 0 Å². The van der Waals surface area contributed by atoms with Crippen LogP contribution in [0.15, 0.2) is 30.3 Å². The van der Waals surface area contributed by atoms with Gasteiger partial charge in [0.2, 0.25) is 0 Å². The maximum absolute atomic E-state index is 11.5. The van der Waals surface area contributed by atoms with Gasteiger partial charge in [-0.05, 0) is 12.0 Å². The first kappa shape index (κ1) is 12.9. The summed E-state index contributed by atoms with van der Waals surface area (Å²) in [6.45, 7) is 0.947. The molecule has 20 heavy (non-hydrogen) atoms. The highest BCUT2D eigenvalue weighted by molar-refractivity contribution is 5.77. The number of amides is 1. The summed E-state index contributed by atoms with van der Waals surface area (Å²) >= 11 is 0. The zero-order chi connectivity index (χ0) is 14.3. The van der Waals surface area contributed by atoms with Crippen LogP contribution in [0.4, 0.5) is 4.79 Å². The maximum atomic E-state index is 11.5. The molecule has 2 aliphatic rings. The summed E-state index contributed by atoms with van der Waals surface area (Å²) in [6, 6.07) is 8.49. The van der Waals surface area contributed by atoms with Crippen LogP contribution in [0, 0.1) is 0 Å². The number of hydrogen-bond donors (Lipinski definition) is 2. The molecular weight excluding hydrogens is 260 g/mol. The molecule has 2 bridgehead atoms. The topological polar surface area (TPSA) is 81.1 Å². The van der Waals surface area contributed by atoms with Crippen molar-refractivity contribution < 1.29 is 19.8 Å². The van der Waals surface area contributed by atoms with Crippen molar-refractivity contribution in [3.8, 4) is 0 Å². The van der Waals surface area contributed by atoms with E-state index in [1.165, 1.54) is 4.90 Å². The van der Waals surface area contributed by atoms with Crippen molar-refractivity contribution in [2.75, 3.05) is 6.54 Å². The molecule has 1 amide bonds. The molecule has 2 heterocycles. The minimum Gasteiger partial charge on any atom is -0.480 e. The average Bonchev–Trinajstić information content (AvgIpc) is 2.97. The quantitative estimate of drug-likeness (QED) is 0.863. The Morgan fingerprint density at radius 3 is 2.50 bits per heavy atom. The highest BCUT2D eigenvalue weighted by atomic mass is 16.4. The fourth-order valence-corrected chi connectivity index (χ4v) is 3.38. The predicted molar refractivity (Wildman–Crippen MR) is 70.3 cm³/mol. The summed E-state index contributed by atoms with van der Waals surface area (Å²) in [5, 5.41) is 18.5. The Morgan fingerprint density at radius 1 is 1.20 bits per heavy atom. The number of fused-ring (bicyclic) bond motifs is 2. The third-order valence-electron chi connectivity index (χ3n) is 4.22. The lowest BCUT2D eigenvalue weighted by Crippen LogP contribution is -2.57. The molecule has 2 fully saturated rings. The number of aliphatic carboxylic acids is 1. The largest absolute Gasteiger partial charge is 0.480 e. The third kappa shape index (κ3) is 2.02. The molecule has 0 spiro atoms. The highest BCUT2D eigenvalue weighted by Crippen LogP contribution is 2.37. The number of piperazine rings is 1. The van der Waals surface area contributed by atoms with E-state index in [0.29, 0.717) is 19.5 Å².